The van der Waals surface area contributed by atoms with Crippen LogP contribution in [0.25, 0.3) is 0 Å². The van der Waals surface area contributed by atoms with Crippen LogP contribution in [0.2, 0.25) is 0 Å². The van der Waals surface area contributed by atoms with E-state index in [2.05, 4.69) is 5.32 Å². The van der Waals surface area contributed by atoms with Gasteiger partial charge >= 0.3 is 0 Å². The summed E-state index contributed by atoms with van der Waals surface area (Å²) in [6.45, 7) is 3.90. The van der Waals surface area contributed by atoms with Crippen molar-refractivity contribution in [3.63, 3.8) is 0 Å². The molecule has 1 rings (SSSR count). The van der Waals surface area contributed by atoms with E-state index < -0.39 is 10.8 Å². The predicted molar refractivity (Wildman–Crippen MR) is 72.8 cm³/mol. The standard InChI is InChI=1S/C12H18N4O3/c1-7-5-9(11(14)10(6-7)16(18)19)12(17)15-4-3-8(2)13/h5-6,8H,3-4,13-14H2,1-2H3,(H,15,17). The van der Waals surface area contributed by atoms with E-state index in [9.17, 15) is 14.9 Å². The molecule has 0 heterocycles. The minimum atomic E-state index is -0.596. The highest BCUT2D eigenvalue weighted by Gasteiger charge is 2.20. The van der Waals surface area contributed by atoms with Crippen molar-refractivity contribution < 1.29 is 9.72 Å². The Morgan fingerprint density at radius 2 is 2.16 bits per heavy atom. The number of rotatable bonds is 5. The maximum absolute atomic E-state index is 11.9. The maximum Gasteiger partial charge on any atom is 0.293 e. The second-order valence-corrected chi connectivity index (χ2v) is 4.52. The van der Waals surface area contributed by atoms with Crippen LogP contribution in [0.3, 0.4) is 0 Å². The van der Waals surface area contributed by atoms with Crippen molar-refractivity contribution in [2.24, 2.45) is 5.73 Å². The van der Waals surface area contributed by atoms with Crippen molar-refractivity contribution >= 4 is 17.3 Å². The number of nitrogens with one attached hydrogen (secondary N) is 1. The zero-order valence-corrected chi connectivity index (χ0v) is 11.0. The number of nitrogen functional groups attached to an aromatic ring is 1. The van der Waals surface area contributed by atoms with E-state index in [1.54, 1.807) is 6.92 Å². The Bertz CT molecular complexity index is 500. The molecule has 1 aromatic carbocycles. The minimum absolute atomic E-state index is 0.0236. The van der Waals surface area contributed by atoms with Gasteiger partial charge in [0.1, 0.15) is 5.69 Å². The Morgan fingerprint density at radius 3 is 2.68 bits per heavy atom. The number of nitro benzene ring substituents is 1. The zero-order valence-electron chi connectivity index (χ0n) is 11.0. The maximum atomic E-state index is 11.9. The minimum Gasteiger partial charge on any atom is -0.393 e. The van der Waals surface area contributed by atoms with Gasteiger partial charge in [0.2, 0.25) is 0 Å². The Kier molecular flexibility index (Phi) is 4.82. The lowest BCUT2D eigenvalue weighted by Gasteiger charge is -2.10. The van der Waals surface area contributed by atoms with E-state index in [1.165, 1.54) is 12.1 Å². The highest BCUT2D eigenvalue weighted by atomic mass is 16.6. The van der Waals surface area contributed by atoms with Gasteiger partial charge in [-0.2, -0.15) is 0 Å². The molecule has 0 aliphatic rings. The first-order valence-corrected chi connectivity index (χ1v) is 5.91. The van der Waals surface area contributed by atoms with Crippen molar-refractivity contribution in [1.29, 1.82) is 0 Å². The molecular weight excluding hydrogens is 248 g/mol. The number of hydrogen-bond donors (Lipinski definition) is 3. The number of nitrogens with two attached hydrogens (primary N) is 2. The first kappa shape index (κ1) is 14.9. The van der Waals surface area contributed by atoms with Gasteiger partial charge in [0, 0.05) is 18.7 Å². The molecular formula is C12H18N4O3. The first-order valence-electron chi connectivity index (χ1n) is 5.91. The van der Waals surface area contributed by atoms with Crippen LogP contribution in [0.4, 0.5) is 11.4 Å². The van der Waals surface area contributed by atoms with Gasteiger partial charge in [-0.05, 0) is 31.9 Å². The third-order valence-corrected chi connectivity index (χ3v) is 2.63. The number of benzene rings is 1. The second-order valence-electron chi connectivity index (χ2n) is 4.52. The number of hydrogen-bond acceptors (Lipinski definition) is 5. The Balaban J connectivity index is 2.94. The molecule has 0 aliphatic heterocycles. The van der Waals surface area contributed by atoms with Crippen molar-refractivity contribution in [2.45, 2.75) is 26.3 Å². The molecule has 5 N–H and O–H groups in total. The number of amides is 1. The average molecular weight is 266 g/mol. The van der Waals surface area contributed by atoms with Gasteiger partial charge in [-0.25, -0.2) is 0 Å². The third kappa shape index (κ3) is 3.92. The van der Waals surface area contributed by atoms with E-state index in [0.29, 0.717) is 18.5 Å². The molecule has 0 bridgehead atoms. The molecule has 7 nitrogen and oxygen atoms in total. The lowest BCUT2D eigenvalue weighted by Crippen LogP contribution is -2.29. The summed E-state index contributed by atoms with van der Waals surface area (Å²) < 4.78 is 0. The molecule has 1 amide bonds. The molecule has 0 fully saturated rings. The fourth-order valence-corrected chi connectivity index (χ4v) is 1.63. The number of carbonyl (C=O) groups excluding carboxylic acids is 1. The zero-order chi connectivity index (χ0) is 14.6. The number of nitrogens with zero attached hydrogens (tertiary/aromatic N) is 1. The summed E-state index contributed by atoms with van der Waals surface area (Å²) >= 11 is 0. The third-order valence-electron chi connectivity index (χ3n) is 2.63. The van der Waals surface area contributed by atoms with E-state index in [1.807, 2.05) is 6.92 Å². The van der Waals surface area contributed by atoms with Crippen LogP contribution in [-0.4, -0.2) is 23.4 Å². The summed E-state index contributed by atoms with van der Waals surface area (Å²) in [5.74, 6) is -0.426. The van der Waals surface area contributed by atoms with Gasteiger partial charge in [-0.3, -0.25) is 14.9 Å². The number of anilines is 1. The molecule has 0 saturated carbocycles. The Labute approximate surface area is 111 Å². The molecule has 0 radical (unpaired) electrons. The summed E-state index contributed by atoms with van der Waals surface area (Å²) in [5, 5.41) is 13.5. The first-order chi connectivity index (χ1) is 8.82. The van der Waals surface area contributed by atoms with Crippen LogP contribution >= 0.6 is 0 Å². The largest absolute Gasteiger partial charge is 0.393 e. The van der Waals surface area contributed by atoms with Crippen molar-refractivity contribution in [3.05, 3.63) is 33.4 Å². The Morgan fingerprint density at radius 1 is 1.53 bits per heavy atom. The van der Waals surface area contributed by atoms with Crippen molar-refractivity contribution in [3.8, 4) is 0 Å². The van der Waals surface area contributed by atoms with E-state index in [0.717, 1.165) is 0 Å². The monoisotopic (exact) mass is 266 g/mol. The number of carbonyl (C=O) groups is 1. The quantitative estimate of drug-likeness (QED) is 0.416. The number of nitro groups is 1. The van der Waals surface area contributed by atoms with E-state index in [-0.39, 0.29) is 23.0 Å². The Hall–Kier alpha value is -2.15. The molecule has 1 aromatic rings. The second kappa shape index (κ2) is 6.14. The molecule has 104 valence electrons. The molecule has 0 aliphatic carbocycles. The van der Waals surface area contributed by atoms with Crippen LogP contribution in [0, 0.1) is 17.0 Å². The van der Waals surface area contributed by atoms with Gasteiger partial charge in [0.05, 0.1) is 10.5 Å². The molecule has 0 spiro atoms. The van der Waals surface area contributed by atoms with Crippen LogP contribution in [0.1, 0.15) is 29.3 Å². The normalized spacial score (nSPS) is 11.9. The van der Waals surface area contributed by atoms with E-state index >= 15 is 0 Å². The van der Waals surface area contributed by atoms with Gasteiger partial charge < -0.3 is 16.8 Å². The average Bonchev–Trinajstić information content (AvgIpc) is 2.30. The summed E-state index contributed by atoms with van der Waals surface area (Å²) in [6.07, 6.45) is 0.625. The molecule has 1 atom stereocenters. The van der Waals surface area contributed by atoms with Crippen molar-refractivity contribution in [1.82, 2.24) is 5.32 Å². The lowest BCUT2D eigenvalue weighted by molar-refractivity contribution is -0.384. The van der Waals surface area contributed by atoms with Gasteiger partial charge in [-0.15, -0.1) is 0 Å². The molecule has 1 unspecified atom stereocenters. The van der Waals surface area contributed by atoms with Crippen LogP contribution in [0.15, 0.2) is 12.1 Å². The molecule has 7 heteroatoms. The molecule has 19 heavy (non-hydrogen) atoms. The molecule has 0 saturated heterocycles. The summed E-state index contributed by atoms with van der Waals surface area (Å²) in [4.78, 5) is 22.2. The fraction of sp³-hybridized carbons (Fsp3) is 0.417. The topological polar surface area (TPSA) is 124 Å². The van der Waals surface area contributed by atoms with Gasteiger partial charge in [-0.1, -0.05) is 0 Å². The van der Waals surface area contributed by atoms with Crippen LogP contribution in [0.5, 0.6) is 0 Å². The lowest BCUT2D eigenvalue weighted by atomic mass is 10.1. The van der Waals surface area contributed by atoms with Gasteiger partial charge in [0.15, 0.2) is 0 Å². The predicted octanol–water partition coefficient (Wildman–Crippen LogP) is 0.953. The van der Waals surface area contributed by atoms with Crippen molar-refractivity contribution in [2.75, 3.05) is 12.3 Å². The smallest absolute Gasteiger partial charge is 0.293 e. The highest BCUT2D eigenvalue weighted by Crippen LogP contribution is 2.26. The highest BCUT2D eigenvalue weighted by molar-refractivity contribution is 6.01. The van der Waals surface area contributed by atoms with E-state index in [4.69, 9.17) is 11.5 Å². The number of aryl methyl sites for hydroxylation is 1. The van der Waals surface area contributed by atoms with Crippen LogP contribution < -0.4 is 16.8 Å². The summed E-state index contributed by atoms with van der Waals surface area (Å²) in [6, 6.07) is 2.85. The fourth-order valence-electron chi connectivity index (χ4n) is 1.63. The molecule has 0 aromatic heterocycles. The summed E-state index contributed by atoms with van der Waals surface area (Å²) in [5.41, 5.74) is 11.6. The summed E-state index contributed by atoms with van der Waals surface area (Å²) in [7, 11) is 0. The SMILES string of the molecule is Cc1cc(C(=O)NCCC(C)N)c(N)c([N+](=O)[O-])c1. The van der Waals surface area contributed by atoms with Crippen LogP contribution in [-0.2, 0) is 0 Å². The van der Waals surface area contributed by atoms with Gasteiger partial charge in [0.25, 0.3) is 11.6 Å².